The second-order valence-corrected chi connectivity index (χ2v) is 4.18. The van der Waals surface area contributed by atoms with Gasteiger partial charge in [0.25, 0.3) is 5.92 Å². The van der Waals surface area contributed by atoms with Crippen LogP contribution in [-0.4, -0.2) is 23.3 Å². The van der Waals surface area contributed by atoms with Crippen molar-refractivity contribution in [2.45, 2.75) is 12.8 Å². The Kier molecular flexibility index (Phi) is 3.44. The number of benzene rings is 1. The minimum absolute atomic E-state index is 0.0409. The second-order valence-electron chi connectivity index (χ2n) is 4.18. The number of halogens is 2. The molecule has 0 amide bonds. The molecular weight excluding hydrogens is 272 g/mol. The first-order valence-corrected chi connectivity index (χ1v) is 5.59. The van der Waals surface area contributed by atoms with Crippen LogP contribution in [0.4, 0.5) is 8.78 Å². The summed E-state index contributed by atoms with van der Waals surface area (Å²) >= 11 is 0. The first kappa shape index (κ1) is 14.0. The van der Waals surface area contributed by atoms with Gasteiger partial charge in [-0.05, 0) is 18.2 Å². The maximum Gasteiger partial charge on any atom is 0.358 e. The fourth-order valence-electron chi connectivity index (χ4n) is 1.72. The van der Waals surface area contributed by atoms with Crippen LogP contribution in [0.15, 0.2) is 28.8 Å². The lowest BCUT2D eigenvalue weighted by Gasteiger charge is -2.15. The zero-order valence-corrected chi connectivity index (χ0v) is 10.7. The number of aromatic carboxylic acids is 1. The number of hydrogen-bond acceptors (Lipinski definition) is 4. The molecule has 106 valence electrons. The van der Waals surface area contributed by atoms with Gasteiger partial charge < -0.3 is 14.4 Å². The number of carboxylic acid groups (broad SMARTS) is 1. The number of carbonyl (C=O) groups is 1. The fourth-order valence-corrected chi connectivity index (χ4v) is 1.72. The first-order chi connectivity index (χ1) is 9.32. The number of alkyl halides is 2. The van der Waals surface area contributed by atoms with Crippen molar-refractivity contribution >= 4 is 5.97 Å². The molecule has 0 saturated carbocycles. The van der Waals surface area contributed by atoms with E-state index in [4.69, 9.17) is 14.4 Å². The summed E-state index contributed by atoms with van der Waals surface area (Å²) in [7, 11) is 1.29. The molecule has 0 aliphatic carbocycles. The van der Waals surface area contributed by atoms with Crippen LogP contribution in [-0.2, 0) is 5.92 Å². The van der Waals surface area contributed by atoms with E-state index in [1.807, 2.05) is 0 Å². The molecule has 5 nitrogen and oxygen atoms in total. The van der Waals surface area contributed by atoms with Crippen molar-refractivity contribution in [2.75, 3.05) is 7.11 Å². The third kappa shape index (κ3) is 2.61. The van der Waals surface area contributed by atoms with Crippen LogP contribution in [0.1, 0.15) is 23.0 Å². The predicted molar refractivity (Wildman–Crippen MR) is 65.0 cm³/mol. The molecule has 1 aromatic heterocycles. The molecule has 0 saturated heterocycles. The molecule has 1 N–H and O–H groups in total. The highest BCUT2D eigenvalue weighted by atomic mass is 19.3. The van der Waals surface area contributed by atoms with Gasteiger partial charge in [-0.3, -0.25) is 0 Å². The van der Waals surface area contributed by atoms with Crippen LogP contribution < -0.4 is 4.74 Å². The molecule has 2 rings (SSSR count). The Bertz CT molecular complexity index is 646. The van der Waals surface area contributed by atoms with Gasteiger partial charge in [0.2, 0.25) is 0 Å². The lowest BCUT2D eigenvalue weighted by atomic mass is 10.0. The predicted octanol–water partition coefficient (Wildman–Crippen LogP) is 3.16. The largest absolute Gasteiger partial charge is 0.496 e. The Morgan fingerprint density at radius 3 is 2.60 bits per heavy atom. The van der Waals surface area contributed by atoms with Crippen molar-refractivity contribution in [3.8, 4) is 17.1 Å². The summed E-state index contributed by atoms with van der Waals surface area (Å²) in [6.07, 6.45) is 0. The number of carboxylic acids is 1. The summed E-state index contributed by atoms with van der Waals surface area (Å²) < 4.78 is 36.7. The summed E-state index contributed by atoms with van der Waals surface area (Å²) in [6.45, 7) is 0.748. The first-order valence-electron chi connectivity index (χ1n) is 5.59. The van der Waals surface area contributed by atoms with Crippen LogP contribution in [0, 0.1) is 0 Å². The maximum absolute atomic E-state index is 13.5. The van der Waals surface area contributed by atoms with Crippen LogP contribution in [0.25, 0.3) is 11.3 Å². The van der Waals surface area contributed by atoms with E-state index >= 15 is 0 Å². The highest BCUT2D eigenvalue weighted by molar-refractivity contribution is 5.86. The molecule has 1 heterocycles. The summed E-state index contributed by atoms with van der Waals surface area (Å²) in [5, 5.41) is 12.1. The van der Waals surface area contributed by atoms with Gasteiger partial charge >= 0.3 is 5.97 Å². The van der Waals surface area contributed by atoms with Crippen molar-refractivity contribution in [3.63, 3.8) is 0 Å². The number of nitrogens with zero attached hydrogens (tertiary/aromatic N) is 1. The van der Waals surface area contributed by atoms with Gasteiger partial charge in [0.15, 0.2) is 11.5 Å². The van der Waals surface area contributed by atoms with E-state index in [-0.39, 0.29) is 22.8 Å². The minimum Gasteiger partial charge on any atom is -0.496 e. The van der Waals surface area contributed by atoms with Gasteiger partial charge in [0.1, 0.15) is 5.75 Å². The van der Waals surface area contributed by atoms with E-state index in [2.05, 4.69) is 5.16 Å². The van der Waals surface area contributed by atoms with Crippen molar-refractivity contribution in [2.24, 2.45) is 0 Å². The van der Waals surface area contributed by atoms with E-state index in [1.54, 1.807) is 0 Å². The summed E-state index contributed by atoms with van der Waals surface area (Å²) in [4.78, 5) is 10.7. The monoisotopic (exact) mass is 283 g/mol. The van der Waals surface area contributed by atoms with Gasteiger partial charge in [-0.2, -0.15) is 0 Å². The van der Waals surface area contributed by atoms with Gasteiger partial charge in [0.05, 0.1) is 12.7 Å². The van der Waals surface area contributed by atoms with Crippen molar-refractivity contribution in [3.05, 3.63) is 35.5 Å². The fraction of sp³-hybridized carbons (Fsp3) is 0.231. The smallest absolute Gasteiger partial charge is 0.358 e. The Labute approximate surface area is 112 Å². The maximum atomic E-state index is 13.5. The van der Waals surface area contributed by atoms with Crippen LogP contribution in [0.3, 0.4) is 0 Å². The highest BCUT2D eigenvalue weighted by Gasteiger charge is 2.29. The third-order valence-corrected chi connectivity index (χ3v) is 2.69. The van der Waals surface area contributed by atoms with E-state index in [9.17, 15) is 13.6 Å². The zero-order valence-electron chi connectivity index (χ0n) is 10.7. The number of aromatic nitrogens is 1. The molecule has 0 aliphatic heterocycles. The lowest BCUT2D eigenvalue weighted by molar-refractivity contribution is 0.0151. The molecular formula is C13H11F2NO4. The van der Waals surface area contributed by atoms with E-state index in [0.717, 1.165) is 6.92 Å². The minimum atomic E-state index is -3.10. The summed E-state index contributed by atoms with van der Waals surface area (Å²) in [5.41, 5.74) is -0.311. The Hall–Kier alpha value is -2.44. The van der Waals surface area contributed by atoms with Crippen LogP contribution in [0.2, 0.25) is 0 Å². The van der Waals surface area contributed by atoms with Gasteiger partial charge in [-0.1, -0.05) is 5.16 Å². The number of ether oxygens (including phenoxy) is 1. The molecule has 0 spiro atoms. The molecule has 7 heteroatoms. The van der Waals surface area contributed by atoms with Gasteiger partial charge in [-0.15, -0.1) is 0 Å². The highest BCUT2D eigenvalue weighted by Crippen LogP contribution is 2.37. The molecule has 0 bridgehead atoms. The van der Waals surface area contributed by atoms with Gasteiger partial charge in [-0.25, -0.2) is 13.6 Å². The number of methoxy groups -OCH3 is 1. The third-order valence-electron chi connectivity index (χ3n) is 2.69. The van der Waals surface area contributed by atoms with Crippen molar-refractivity contribution in [1.29, 1.82) is 0 Å². The summed E-state index contributed by atoms with van der Waals surface area (Å²) in [5.74, 6) is -4.22. The van der Waals surface area contributed by atoms with Crippen LogP contribution in [0.5, 0.6) is 5.75 Å². The number of hydrogen-bond donors (Lipinski definition) is 1. The van der Waals surface area contributed by atoms with Crippen LogP contribution >= 0.6 is 0 Å². The normalized spacial score (nSPS) is 11.4. The molecule has 0 radical (unpaired) electrons. The molecule has 0 unspecified atom stereocenters. The topological polar surface area (TPSA) is 72.6 Å². The Balaban J connectivity index is 2.50. The SMILES string of the molecule is COc1ccc(-c2cc(C(=O)O)no2)cc1C(C)(F)F. The molecule has 0 atom stereocenters. The molecule has 0 aliphatic rings. The molecule has 0 fully saturated rings. The standard InChI is InChI=1S/C13H11F2NO4/c1-13(14,15)8-5-7(3-4-10(8)19-2)11-6-9(12(17)18)16-20-11/h3-6H,1-2H3,(H,17,18). The van der Waals surface area contributed by atoms with E-state index in [0.29, 0.717) is 5.56 Å². The van der Waals surface area contributed by atoms with E-state index < -0.39 is 11.9 Å². The van der Waals surface area contributed by atoms with Crippen molar-refractivity contribution in [1.82, 2.24) is 5.16 Å². The quantitative estimate of drug-likeness (QED) is 0.933. The Morgan fingerprint density at radius 2 is 2.10 bits per heavy atom. The molecule has 2 aromatic rings. The number of rotatable bonds is 4. The molecule has 1 aromatic carbocycles. The van der Waals surface area contributed by atoms with E-state index in [1.165, 1.54) is 31.4 Å². The second kappa shape index (κ2) is 4.92. The average Bonchev–Trinajstić information content (AvgIpc) is 2.86. The molecule has 20 heavy (non-hydrogen) atoms. The zero-order chi connectivity index (χ0) is 14.9. The average molecular weight is 283 g/mol. The Morgan fingerprint density at radius 1 is 1.40 bits per heavy atom. The van der Waals surface area contributed by atoms with Gasteiger partial charge in [0, 0.05) is 18.6 Å². The summed E-state index contributed by atoms with van der Waals surface area (Å²) in [6, 6.07) is 5.21. The van der Waals surface area contributed by atoms with Crippen molar-refractivity contribution < 1.29 is 27.9 Å². The lowest BCUT2D eigenvalue weighted by Crippen LogP contribution is -2.09.